The predicted molar refractivity (Wildman–Crippen MR) is 64.1 cm³/mol. The second-order valence-electron chi connectivity index (χ2n) is 4.85. The average molecular weight is 214 g/mol. The molecule has 1 saturated heterocycles. The summed E-state index contributed by atoms with van der Waals surface area (Å²) in [5, 5.41) is 9.02. The summed E-state index contributed by atoms with van der Waals surface area (Å²) in [6, 6.07) is 0.644. The molecule has 0 spiro atoms. The van der Waals surface area contributed by atoms with E-state index >= 15 is 0 Å². The van der Waals surface area contributed by atoms with E-state index in [1.807, 2.05) is 0 Å². The van der Waals surface area contributed by atoms with E-state index in [4.69, 9.17) is 5.11 Å². The van der Waals surface area contributed by atoms with E-state index in [2.05, 4.69) is 23.9 Å². The fraction of sp³-hybridized carbons (Fsp3) is 1.00. The molecule has 0 bridgehead atoms. The summed E-state index contributed by atoms with van der Waals surface area (Å²) in [5.41, 5.74) is 0. The van der Waals surface area contributed by atoms with Crippen LogP contribution in [-0.2, 0) is 0 Å². The van der Waals surface area contributed by atoms with Gasteiger partial charge in [0.2, 0.25) is 0 Å². The van der Waals surface area contributed by atoms with E-state index in [1.54, 1.807) is 0 Å². The maximum atomic E-state index is 9.02. The van der Waals surface area contributed by atoms with Crippen LogP contribution in [0.4, 0.5) is 0 Å². The third-order valence-corrected chi connectivity index (χ3v) is 3.26. The highest BCUT2D eigenvalue weighted by atomic mass is 16.3. The van der Waals surface area contributed by atoms with Crippen LogP contribution in [0.25, 0.3) is 0 Å². The topological polar surface area (TPSA) is 26.7 Å². The van der Waals surface area contributed by atoms with Gasteiger partial charge in [0.1, 0.15) is 0 Å². The monoisotopic (exact) mass is 214 g/mol. The van der Waals surface area contributed by atoms with Crippen molar-refractivity contribution in [1.82, 2.24) is 9.80 Å². The van der Waals surface area contributed by atoms with Crippen LogP contribution >= 0.6 is 0 Å². The molecule has 1 atom stereocenters. The molecule has 1 heterocycles. The van der Waals surface area contributed by atoms with Crippen molar-refractivity contribution in [3.05, 3.63) is 0 Å². The molecule has 1 rings (SSSR count). The predicted octanol–water partition coefficient (Wildman–Crippen LogP) is 1.17. The lowest BCUT2D eigenvalue weighted by Gasteiger charge is -2.35. The Morgan fingerprint density at radius 2 is 2.13 bits per heavy atom. The first kappa shape index (κ1) is 12.9. The largest absolute Gasteiger partial charge is 0.396 e. The molecule has 0 saturated carbocycles. The maximum absolute atomic E-state index is 9.02. The van der Waals surface area contributed by atoms with Gasteiger partial charge in [-0.1, -0.05) is 6.42 Å². The van der Waals surface area contributed by atoms with Crippen molar-refractivity contribution >= 4 is 0 Å². The summed E-state index contributed by atoms with van der Waals surface area (Å²) in [6.45, 7) is 3.94. The van der Waals surface area contributed by atoms with Crippen LogP contribution in [0.2, 0.25) is 0 Å². The number of piperidine rings is 1. The van der Waals surface area contributed by atoms with Gasteiger partial charge in [-0.3, -0.25) is 0 Å². The number of hydrogen-bond acceptors (Lipinski definition) is 3. The second-order valence-corrected chi connectivity index (χ2v) is 4.85. The number of nitrogens with zero attached hydrogens (tertiary/aromatic N) is 2. The minimum Gasteiger partial charge on any atom is -0.396 e. The highest BCUT2D eigenvalue weighted by Gasteiger charge is 2.20. The number of likely N-dealkylation sites (tertiary alicyclic amines) is 1. The Morgan fingerprint density at radius 1 is 1.33 bits per heavy atom. The molecule has 1 N–H and O–H groups in total. The van der Waals surface area contributed by atoms with Crippen LogP contribution in [-0.4, -0.2) is 61.3 Å². The van der Waals surface area contributed by atoms with Gasteiger partial charge in [0.15, 0.2) is 0 Å². The maximum Gasteiger partial charge on any atom is 0.0445 e. The molecule has 0 aromatic rings. The van der Waals surface area contributed by atoms with Gasteiger partial charge >= 0.3 is 0 Å². The van der Waals surface area contributed by atoms with Crippen LogP contribution in [0.1, 0.15) is 32.1 Å². The first-order chi connectivity index (χ1) is 7.24. The van der Waals surface area contributed by atoms with E-state index in [1.165, 1.54) is 45.3 Å². The Labute approximate surface area is 94.1 Å². The smallest absolute Gasteiger partial charge is 0.0445 e. The minimum atomic E-state index is 0.342. The molecule has 1 unspecified atom stereocenters. The molecule has 0 aliphatic carbocycles. The molecule has 90 valence electrons. The molecule has 0 aromatic carbocycles. The Bertz CT molecular complexity index is 160. The van der Waals surface area contributed by atoms with Crippen LogP contribution < -0.4 is 0 Å². The van der Waals surface area contributed by atoms with E-state index in [0.29, 0.717) is 12.6 Å². The molecule has 0 amide bonds. The molecule has 1 aliphatic rings. The molecule has 1 aliphatic heterocycles. The molecular formula is C12H26N2O. The van der Waals surface area contributed by atoms with Crippen LogP contribution in [0.3, 0.4) is 0 Å². The Hall–Kier alpha value is -0.120. The summed E-state index contributed by atoms with van der Waals surface area (Å²) in [5.74, 6) is 0. The lowest BCUT2D eigenvalue weighted by atomic mass is 9.99. The molecular weight excluding hydrogens is 188 g/mol. The van der Waals surface area contributed by atoms with Crippen LogP contribution in [0.15, 0.2) is 0 Å². The van der Waals surface area contributed by atoms with Crippen molar-refractivity contribution in [2.45, 2.75) is 38.1 Å². The fourth-order valence-corrected chi connectivity index (χ4v) is 2.42. The van der Waals surface area contributed by atoms with Gasteiger partial charge in [0, 0.05) is 12.6 Å². The minimum absolute atomic E-state index is 0.342. The van der Waals surface area contributed by atoms with E-state index in [9.17, 15) is 0 Å². The van der Waals surface area contributed by atoms with Gasteiger partial charge in [0.25, 0.3) is 0 Å². The van der Waals surface area contributed by atoms with Crippen LogP contribution in [0, 0.1) is 0 Å². The first-order valence-corrected chi connectivity index (χ1v) is 6.23. The van der Waals surface area contributed by atoms with E-state index in [-0.39, 0.29) is 0 Å². The number of hydrogen-bond donors (Lipinski definition) is 1. The molecule has 0 aromatic heterocycles. The van der Waals surface area contributed by atoms with Gasteiger partial charge in [-0.15, -0.1) is 0 Å². The fourth-order valence-electron chi connectivity index (χ4n) is 2.42. The quantitative estimate of drug-likeness (QED) is 0.719. The summed E-state index contributed by atoms with van der Waals surface area (Å²) in [4.78, 5) is 4.81. The molecule has 1 fully saturated rings. The molecule has 3 nitrogen and oxygen atoms in total. The van der Waals surface area contributed by atoms with Gasteiger partial charge in [0.05, 0.1) is 0 Å². The number of aliphatic hydroxyl groups excluding tert-OH is 1. The normalized spacial score (nSPS) is 23.6. The summed E-state index contributed by atoms with van der Waals surface area (Å²) >= 11 is 0. The summed E-state index contributed by atoms with van der Waals surface area (Å²) < 4.78 is 0. The number of aliphatic hydroxyl groups is 1. The standard InChI is InChI=1S/C12H26N2O/c1-13(2)8-5-10-14-9-4-3-6-12(14)7-11-15/h12,15H,3-11H2,1-2H3. The van der Waals surface area contributed by atoms with Crippen molar-refractivity contribution in [3.63, 3.8) is 0 Å². The van der Waals surface area contributed by atoms with Gasteiger partial charge in [-0.2, -0.15) is 0 Å². The van der Waals surface area contributed by atoms with Gasteiger partial charge in [-0.25, -0.2) is 0 Å². The Morgan fingerprint density at radius 3 is 2.80 bits per heavy atom. The number of rotatable bonds is 6. The SMILES string of the molecule is CN(C)CCCN1CCCCC1CCO. The third-order valence-electron chi connectivity index (χ3n) is 3.26. The summed E-state index contributed by atoms with van der Waals surface area (Å²) in [7, 11) is 4.25. The average Bonchev–Trinajstić information content (AvgIpc) is 2.20. The lowest BCUT2D eigenvalue weighted by molar-refractivity contribution is 0.115. The Kier molecular flexibility index (Phi) is 6.22. The Balaban J connectivity index is 2.23. The van der Waals surface area contributed by atoms with Crippen molar-refractivity contribution in [1.29, 1.82) is 0 Å². The molecule has 0 radical (unpaired) electrons. The van der Waals surface area contributed by atoms with Gasteiger partial charge < -0.3 is 14.9 Å². The van der Waals surface area contributed by atoms with Crippen LogP contribution in [0.5, 0.6) is 0 Å². The second kappa shape index (κ2) is 7.20. The van der Waals surface area contributed by atoms with E-state index < -0.39 is 0 Å². The van der Waals surface area contributed by atoms with Crippen molar-refractivity contribution in [2.75, 3.05) is 40.3 Å². The van der Waals surface area contributed by atoms with Crippen molar-refractivity contribution in [3.8, 4) is 0 Å². The highest BCUT2D eigenvalue weighted by molar-refractivity contribution is 4.76. The zero-order chi connectivity index (χ0) is 11.1. The van der Waals surface area contributed by atoms with Crippen molar-refractivity contribution in [2.24, 2.45) is 0 Å². The van der Waals surface area contributed by atoms with Crippen molar-refractivity contribution < 1.29 is 5.11 Å². The first-order valence-electron chi connectivity index (χ1n) is 6.23. The zero-order valence-corrected chi connectivity index (χ0v) is 10.3. The lowest BCUT2D eigenvalue weighted by Crippen LogP contribution is -2.41. The zero-order valence-electron chi connectivity index (χ0n) is 10.3. The van der Waals surface area contributed by atoms with Gasteiger partial charge in [-0.05, 0) is 59.4 Å². The third kappa shape index (κ3) is 4.96. The summed E-state index contributed by atoms with van der Waals surface area (Å²) in [6.07, 6.45) is 6.16. The highest BCUT2D eigenvalue weighted by Crippen LogP contribution is 2.19. The van der Waals surface area contributed by atoms with E-state index in [0.717, 1.165) is 6.42 Å². The molecule has 3 heteroatoms. The molecule has 15 heavy (non-hydrogen) atoms.